The van der Waals surface area contributed by atoms with Crippen LogP contribution in [0.2, 0.25) is 0 Å². The highest BCUT2D eigenvalue weighted by atomic mass is 35.5. The summed E-state index contributed by atoms with van der Waals surface area (Å²) in [6, 6.07) is 0. The SMILES string of the molecule is C=C1CCC/C1=C(/C1=C(CCl)CCC1)C(C)C. The lowest BCUT2D eigenvalue weighted by molar-refractivity contribution is 0.748. The van der Waals surface area contributed by atoms with Gasteiger partial charge in [0.2, 0.25) is 0 Å². The van der Waals surface area contributed by atoms with Crippen LogP contribution in [-0.4, -0.2) is 5.88 Å². The topological polar surface area (TPSA) is 0 Å². The van der Waals surface area contributed by atoms with Gasteiger partial charge in [-0.1, -0.05) is 31.6 Å². The molecule has 2 rings (SSSR count). The van der Waals surface area contributed by atoms with Gasteiger partial charge >= 0.3 is 0 Å². The van der Waals surface area contributed by atoms with Crippen molar-refractivity contribution in [2.75, 3.05) is 5.88 Å². The standard InChI is InChI=1S/C16H23Cl/c1-11(2)16(14-8-4-6-12(14)3)15-9-5-7-13(15)10-17/h11H,3-10H2,1-2H3/b16-14-. The third-order valence-electron chi connectivity index (χ3n) is 4.05. The van der Waals surface area contributed by atoms with E-state index in [1.807, 2.05) is 0 Å². The number of halogens is 1. The van der Waals surface area contributed by atoms with Crippen LogP contribution in [0.15, 0.2) is 34.4 Å². The van der Waals surface area contributed by atoms with Crippen molar-refractivity contribution in [3.05, 3.63) is 34.4 Å². The van der Waals surface area contributed by atoms with E-state index in [-0.39, 0.29) is 0 Å². The summed E-state index contributed by atoms with van der Waals surface area (Å²) in [7, 11) is 0. The van der Waals surface area contributed by atoms with Gasteiger partial charge in [0.25, 0.3) is 0 Å². The van der Waals surface area contributed by atoms with E-state index in [9.17, 15) is 0 Å². The Kier molecular flexibility index (Phi) is 4.14. The zero-order valence-electron chi connectivity index (χ0n) is 11.1. The molecule has 0 aromatic rings. The second-order valence-electron chi connectivity index (χ2n) is 5.57. The third-order valence-corrected chi connectivity index (χ3v) is 4.38. The van der Waals surface area contributed by atoms with Gasteiger partial charge in [0.1, 0.15) is 0 Å². The maximum atomic E-state index is 6.09. The van der Waals surface area contributed by atoms with Gasteiger partial charge < -0.3 is 0 Å². The average molecular weight is 251 g/mol. The lowest BCUT2D eigenvalue weighted by Gasteiger charge is -2.19. The van der Waals surface area contributed by atoms with Crippen molar-refractivity contribution >= 4 is 11.6 Å². The maximum absolute atomic E-state index is 6.09. The van der Waals surface area contributed by atoms with Crippen LogP contribution in [0.5, 0.6) is 0 Å². The van der Waals surface area contributed by atoms with Crippen molar-refractivity contribution < 1.29 is 0 Å². The van der Waals surface area contributed by atoms with Crippen LogP contribution in [0.1, 0.15) is 52.4 Å². The van der Waals surface area contributed by atoms with Gasteiger partial charge in [-0.05, 0) is 61.2 Å². The first-order chi connectivity index (χ1) is 8.15. The Morgan fingerprint density at radius 1 is 1.18 bits per heavy atom. The molecule has 0 aromatic carbocycles. The molecule has 0 heterocycles. The highest BCUT2D eigenvalue weighted by molar-refractivity contribution is 6.19. The molecule has 0 atom stereocenters. The molecule has 0 spiro atoms. The molecule has 1 heteroatoms. The minimum atomic E-state index is 0.603. The Morgan fingerprint density at radius 3 is 2.41 bits per heavy atom. The fraction of sp³-hybridized carbons (Fsp3) is 0.625. The molecular formula is C16H23Cl. The number of allylic oxidation sites excluding steroid dienone is 5. The van der Waals surface area contributed by atoms with Crippen LogP contribution in [-0.2, 0) is 0 Å². The summed E-state index contributed by atoms with van der Waals surface area (Å²) in [4.78, 5) is 0. The minimum absolute atomic E-state index is 0.603. The summed E-state index contributed by atoms with van der Waals surface area (Å²) in [6.45, 7) is 8.87. The van der Waals surface area contributed by atoms with E-state index in [1.54, 1.807) is 16.7 Å². The van der Waals surface area contributed by atoms with Crippen molar-refractivity contribution in [1.29, 1.82) is 0 Å². The zero-order chi connectivity index (χ0) is 12.4. The molecule has 94 valence electrons. The van der Waals surface area contributed by atoms with Crippen LogP contribution >= 0.6 is 11.6 Å². The molecule has 1 saturated carbocycles. The van der Waals surface area contributed by atoms with E-state index in [0.717, 1.165) is 0 Å². The van der Waals surface area contributed by atoms with E-state index in [1.165, 1.54) is 49.7 Å². The average Bonchev–Trinajstić information content (AvgIpc) is 2.89. The molecule has 0 N–H and O–H groups in total. The molecule has 2 aliphatic carbocycles. The lowest BCUT2D eigenvalue weighted by atomic mass is 9.86. The smallest absolute Gasteiger partial charge is 0.0439 e. The predicted molar refractivity (Wildman–Crippen MR) is 76.5 cm³/mol. The van der Waals surface area contributed by atoms with Gasteiger partial charge in [-0.15, -0.1) is 11.6 Å². The van der Waals surface area contributed by atoms with Gasteiger partial charge in [-0.25, -0.2) is 0 Å². The number of alkyl halides is 1. The quantitative estimate of drug-likeness (QED) is 0.589. The fourth-order valence-electron chi connectivity index (χ4n) is 3.29. The summed E-state index contributed by atoms with van der Waals surface area (Å²) in [5, 5.41) is 0. The van der Waals surface area contributed by atoms with Crippen molar-refractivity contribution in [3.63, 3.8) is 0 Å². The second kappa shape index (κ2) is 5.44. The summed E-state index contributed by atoms with van der Waals surface area (Å²) < 4.78 is 0. The molecule has 0 nitrogen and oxygen atoms in total. The van der Waals surface area contributed by atoms with Gasteiger partial charge in [0.05, 0.1) is 0 Å². The highest BCUT2D eigenvalue weighted by Gasteiger charge is 2.24. The number of rotatable bonds is 3. The van der Waals surface area contributed by atoms with Crippen LogP contribution in [0.3, 0.4) is 0 Å². The predicted octanol–water partition coefficient (Wildman–Crippen LogP) is 5.40. The van der Waals surface area contributed by atoms with Crippen molar-refractivity contribution in [2.45, 2.75) is 52.4 Å². The lowest BCUT2D eigenvalue weighted by Crippen LogP contribution is -2.03. The van der Waals surface area contributed by atoms with E-state index >= 15 is 0 Å². The second-order valence-corrected chi connectivity index (χ2v) is 5.84. The van der Waals surface area contributed by atoms with Crippen LogP contribution in [0, 0.1) is 5.92 Å². The van der Waals surface area contributed by atoms with E-state index < -0.39 is 0 Å². The Hall–Kier alpha value is -0.490. The van der Waals surface area contributed by atoms with Gasteiger partial charge in [-0.2, -0.15) is 0 Å². The Morgan fingerprint density at radius 2 is 1.88 bits per heavy atom. The molecule has 17 heavy (non-hydrogen) atoms. The number of hydrogen-bond donors (Lipinski definition) is 0. The van der Waals surface area contributed by atoms with Crippen LogP contribution in [0.25, 0.3) is 0 Å². The van der Waals surface area contributed by atoms with Crippen molar-refractivity contribution in [1.82, 2.24) is 0 Å². The summed E-state index contributed by atoms with van der Waals surface area (Å²) in [5.41, 5.74) is 7.58. The van der Waals surface area contributed by atoms with Gasteiger partial charge in [-0.3, -0.25) is 0 Å². The molecule has 0 saturated heterocycles. The monoisotopic (exact) mass is 250 g/mol. The first kappa shape index (κ1) is 13.0. The van der Waals surface area contributed by atoms with Gasteiger partial charge in [0, 0.05) is 5.88 Å². The zero-order valence-corrected chi connectivity index (χ0v) is 11.9. The minimum Gasteiger partial charge on any atom is -0.122 e. The number of hydrogen-bond acceptors (Lipinski definition) is 0. The molecular weight excluding hydrogens is 228 g/mol. The van der Waals surface area contributed by atoms with Crippen molar-refractivity contribution in [2.24, 2.45) is 5.92 Å². The van der Waals surface area contributed by atoms with Gasteiger partial charge in [0.15, 0.2) is 0 Å². The van der Waals surface area contributed by atoms with Crippen LogP contribution in [0.4, 0.5) is 0 Å². The Balaban J connectivity index is 2.46. The summed E-state index contributed by atoms with van der Waals surface area (Å²) >= 11 is 6.09. The van der Waals surface area contributed by atoms with Crippen molar-refractivity contribution in [3.8, 4) is 0 Å². The van der Waals surface area contributed by atoms with E-state index in [0.29, 0.717) is 11.8 Å². The fourth-order valence-corrected chi connectivity index (χ4v) is 3.58. The maximum Gasteiger partial charge on any atom is 0.0439 e. The summed E-state index contributed by atoms with van der Waals surface area (Å²) in [6.07, 6.45) is 7.42. The summed E-state index contributed by atoms with van der Waals surface area (Å²) in [5.74, 6) is 1.32. The molecule has 2 aliphatic rings. The Labute approximate surface area is 110 Å². The van der Waals surface area contributed by atoms with E-state index in [4.69, 9.17) is 11.6 Å². The van der Waals surface area contributed by atoms with Crippen LogP contribution < -0.4 is 0 Å². The normalized spacial score (nSPS) is 24.1. The Bertz CT molecular complexity index is 382. The largest absolute Gasteiger partial charge is 0.122 e. The molecule has 0 aliphatic heterocycles. The molecule has 0 aromatic heterocycles. The molecule has 0 bridgehead atoms. The molecule has 0 radical (unpaired) electrons. The molecule has 1 fully saturated rings. The first-order valence-corrected chi connectivity index (χ1v) is 7.37. The molecule has 0 amide bonds. The highest BCUT2D eigenvalue weighted by Crippen LogP contribution is 2.42. The first-order valence-electron chi connectivity index (χ1n) is 6.83. The third kappa shape index (κ3) is 2.52. The molecule has 0 unspecified atom stereocenters. The van der Waals surface area contributed by atoms with E-state index in [2.05, 4.69) is 20.4 Å².